The molecular formula is C24H28FN5O2. The number of carbonyl (C=O) groups excluding carboxylic acids is 1. The lowest BCUT2D eigenvalue weighted by atomic mass is 9.96. The third-order valence-corrected chi connectivity index (χ3v) is 5.92. The van der Waals surface area contributed by atoms with E-state index in [0.717, 1.165) is 35.1 Å². The smallest absolute Gasteiger partial charge is 0.254 e. The van der Waals surface area contributed by atoms with Gasteiger partial charge in [0, 0.05) is 49.2 Å². The van der Waals surface area contributed by atoms with Crippen molar-refractivity contribution in [1.82, 2.24) is 20.1 Å². The molecule has 168 valence electrons. The van der Waals surface area contributed by atoms with Gasteiger partial charge in [0.1, 0.15) is 11.6 Å². The number of anilines is 1. The molecule has 2 heterocycles. The summed E-state index contributed by atoms with van der Waals surface area (Å²) >= 11 is 0. The number of nitrogens with one attached hydrogen (secondary N) is 1. The first kappa shape index (κ1) is 22.0. The van der Waals surface area contributed by atoms with E-state index in [-0.39, 0.29) is 30.2 Å². The third kappa shape index (κ3) is 4.36. The molecule has 8 heteroatoms. The number of hydrogen-bond acceptors (Lipinski definition) is 5. The summed E-state index contributed by atoms with van der Waals surface area (Å²) in [4.78, 5) is 19.1. The predicted molar refractivity (Wildman–Crippen MR) is 122 cm³/mol. The topological polar surface area (TPSA) is 83.3 Å². The standard InChI is InChI=1S/C24H28FN5O2/c1-14-7-22(25)21(24(32)28-18-5-6-18)9-19(14)16-8-20(17-11-27-29(3)12-17)23(26-10-16)30(4)15(2)13-31/h7-12,15,18,31H,5-6,13H2,1-4H3,(H,28,32)/t15-/m1/s1. The molecule has 1 amide bonds. The monoisotopic (exact) mass is 437 g/mol. The van der Waals surface area contributed by atoms with Crippen LogP contribution in [0, 0.1) is 12.7 Å². The van der Waals surface area contributed by atoms with Gasteiger partial charge in [-0.2, -0.15) is 5.10 Å². The van der Waals surface area contributed by atoms with Crippen LogP contribution in [-0.4, -0.2) is 51.5 Å². The molecule has 1 aliphatic rings. The first-order valence-corrected chi connectivity index (χ1v) is 10.7. The Balaban J connectivity index is 1.81. The highest BCUT2D eigenvalue weighted by Gasteiger charge is 2.26. The number of aliphatic hydroxyl groups is 1. The lowest BCUT2D eigenvalue weighted by Gasteiger charge is -2.26. The molecular weight excluding hydrogens is 409 g/mol. The van der Waals surface area contributed by atoms with Crippen LogP contribution >= 0.6 is 0 Å². The summed E-state index contributed by atoms with van der Waals surface area (Å²) in [6.45, 7) is 3.72. The van der Waals surface area contributed by atoms with Gasteiger partial charge < -0.3 is 15.3 Å². The largest absolute Gasteiger partial charge is 0.394 e. The Labute approximate surface area is 186 Å². The van der Waals surface area contributed by atoms with Crippen molar-refractivity contribution in [3.05, 3.63) is 53.7 Å². The number of carbonyl (C=O) groups is 1. The molecule has 0 spiro atoms. The quantitative estimate of drug-likeness (QED) is 0.593. The molecule has 3 aromatic rings. The highest BCUT2D eigenvalue weighted by Crippen LogP contribution is 2.35. The van der Waals surface area contributed by atoms with Gasteiger partial charge in [0.25, 0.3) is 5.91 Å². The van der Waals surface area contributed by atoms with Crippen LogP contribution in [0.25, 0.3) is 22.3 Å². The van der Waals surface area contributed by atoms with Gasteiger partial charge in [-0.3, -0.25) is 9.48 Å². The van der Waals surface area contributed by atoms with Crippen LogP contribution in [-0.2, 0) is 7.05 Å². The lowest BCUT2D eigenvalue weighted by molar-refractivity contribution is 0.0947. The molecule has 0 bridgehead atoms. The molecule has 32 heavy (non-hydrogen) atoms. The molecule has 4 rings (SSSR count). The molecule has 1 saturated carbocycles. The Bertz CT molecular complexity index is 1160. The van der Waals surface area contributed by atoms with E-state index < -0.39 is 5.82 Å². The Kier molecular flexibility index (Phi) is 5.97. The second-order valence-electron chi connectivity index (χ2n) is 8.54. The van der Waals surface area contributed by atoms with E-state index in [1.54, 1.807) is 23.1 Å². The van der Waals surface area contributed by atoms with E-state index in [2.05, 4.69) is 15.4 Å². The number of aryl methyl sites for hydroxylation is 2. The fraction of sp³-hybridized carbons (Fsp3) is 0.375. The second kappa shape index (κ2) is 8.70. The van der Waals surface area contributed by atoms with Crippen LogP contribution in [0.15, 0.2) is 36.8 Å². The Morgan fingerprint density at radius 3 is 2.66 bits per heavy atom. The van der Waals surface area contributed by atoms with Gasteiger partial charge in [-0.25, -0.2) is 9.37 Å². The molecule has 1 aliphatic carbocycles. The van der Waals surface area contributed by atoms with Crippen LogP contribution in [0.5, 0.6) is 0 Å². The van der Waals surface area contributed by atoms with Crippen molar-refractivity contribution in [2.45, 2.75) is 38.8 Å². The summed E-state index contributed by atoms with van der Waals surface area (Å²) in [5.41, 5.74) is 3.99. The number of rotatable bonds is 7. The normalized spacial score (nSPS) is 14.3. The maximum Gasteiger partial charge on any atom is 0.254 e. The maximum absolute atomic E-state index is 14.6. The molecule has 2 aromatic heterocycles. The van der Waals surface area contributed by atoms with E-state index in [9.17, 15) is 14.3 Å². The van der Waals surface area contributed by atoms with Gasteiger partial charge in [-0.05, 0) is 56.0 Å². The average Bonchev–Trinajstić information content (AvgIpc) is 3.48. The number of halogens is 1. The number of likely N-dealkylation sites (N-methyl/N-ethyl adjacent to an activating group) is 1. The molecule has 1 fully saturated rings. The van der Waals surface area contributed by atoms with Gasteiger partial charge in [0.2, 0.25) is 0 Å². The summed E-state index contributed by atoms with van der Waals surface area (Å²) in [5.74, 6) is -0.215. The summed E-state index contributed by atoms with van der Waals surface area (Å²) in [6, 6.07) is 4.99. The molecule has 1 aromatic carbocycles. The van der Waals surface area contributed by atoms with Gasteiger partial charge in [-0.15, -0.1) is 0 Å². The number of pyridine rings is 1. The Morgan fingerprint density at radius 2 is 2.03 bits per heavy atom. The fourth-order valence-corrected chi connectivity index (χ4v) is 3.64. The van der Waals surface area contributed by atoms with Crippen LogP contribution in [0.2, 0.25) is 0 Å². The van der Waals surface area contributed by atoms with Crippen molar-refractivity contribution >= 4 is 11.7 Å². The zero-order valence-corrected chi connectivity index (χ0v) is 18.8. The number of nitrogens with zero attached hydrogens (tertiary/aromatic N) is 4. The van der Waals surface area contributed by atoms with Crippen LogP contribution in [0.1, 0.15) is 35.7 Å². The SMILES string of the molecule is Cc1cc(F)c(C(=O)NC2CC2)cc1-c1cnc(N(C)[C@H](C)CO)c(-c2cnn(C)c2)c1. The molecule has 1 atom stereocenters. The number of amides is 1. The van der Waals surface area contributed by atoms with E-state index in [1.165, 1.54) is 6.07 Å². The maximum atomic E-state index is 14.6. The molecule has 0 aliphatic heterocycles. The second-order valence-corrected chi connectivity index (χ2v) is 8.54. The van der Waals surface area contributed by atoms with E-state index >= 15 is 0 Å². The number of hydrogen-bond donors (Lipinski definition) is 2. The summed E-state index contributed by atoms with van der Waals surface area (Å²) in [7, 11) is 3.72. The average molecular weight is 438 g/mol. The van der Waals surface area contributed by atoms with Gasteiger partial charge in [0.05, 0.1) is 24.4 Å². The highest BCUT2D eigenvalue weighted by molar-refractivity contribution is 5.96. The first-order valence-electron chi connectivity index (χ1n) is 10.7. The molecule has 0 radical (unpaired) electrons. The summed E-state index contributed by atoms with van der Waals surface area (Å²) in [6.07, 6.45) is 7.25. The minimum Gasteiger partial charge on any atom is -0.394 e. The third-order valence-electron chi connectivity index (χ3n) is 5.92. The zero-order chi connectivity index (χ0) is 23.0. The fourth-order valence-electron chi connectivity index (χ4n) is 3.64. The van der Waals surface area contributed by atoms with Crippen LogP contribution in [0.3, 0.4) is 0 Å². The van der Waals surface area contributed by atoms with Crippen molar-refractivity contribution in [3.8, 4) is 22.3 Å². The van der Waals surface area contributed by atoms with Gasteiger partial charge >= 0.3 is 0 Å². The van der Waals surface area contributed by atoms with E-state index in [0.29, 0.717) is 11.4 Å². The minimum atomic E-state index is -0.530. The zero-order valence-electron chi connectivity index (χ0n) is 18.8. The molecule has 2 N–H and O–H groups in total. The van der Waals surface area contributed by atoms with Crippen molar-refractivity contribution in [3.63, 3.8) is 0 Å². The van der Waals surface area contributed by atoms with Crippen LogP contribution < -0.4 is 10.2 Å². The number of aliphatic hydroxyl groups excluding tert-OH is 1. The molecule has 7 nitrogen and oxygen atoms in total. The van der Waals surface area contributed by atoms with Gasteiger partial charge in [-0.1, -0.05) is 0 Å². The van der Waals surface area contributed by atoms with Crippen molar-refractivity contribution in [2.24, 2.45) is 7.05 Å². The van der Waals surface area contributed by atoms with E-state index in [4.69, 9.17) is 0 Å². The van der Waals surface area contributed by atoms with Crippen molar-refractivity contribution in [2.75, 3.05) is 18.6 Å². The Morgan fingerprint density at radius 1 is 1.28 bits per heavy atom. The van der Waals surface area contributed by atoms with Crippen LogP contribution in [0.4, 0.5) is 10.2 Å². The van der Waals surface area contributed by atoms with E-state index in [1.807, 2.05) is 45.1 Å². The van der Waals surface area contributed by atoms with Crippen molar-refractivity contribution < 1.29 is 14.3 Å². The number of aromatic nitrogens is 3. The molecule has 0 unspecified atom stereocenters. The van der Waals surface area contributed by atoms with Crippen molar-refractivity contribution in [1.29, 1.82) is 0 Å². The number of benzene rings is 1. The predicted octanol–water partition coefficient (Wildman–Crippen LogP) is 3.31. The molecule has 0 saturated heterocycles. The van der Waals surface area contributed by atoms with Gasteiger partial charge in [0.15, 0.2) is 0 Å². The Hall–Kier alpha value is -3.26. The summed E-state index contributed by atoms with van der Waals surface area (Å²) in [5, 5.41) is 16.8. The highest BCUT2D eigenvalue weighted by atomic mass is 19.1. The summed E-state index contributed by atoms with van der Waals surface area (Å²) < 4.78 is 16.3. The minimum absolute atomic E-state index is 0.0110. The lowest BCUT2D eigenvalue weighted by Crippen LogP contribution is -2.32. The first-order chi connectivity index (χ1) is 15.3.